The fraction of sp³-hybridized carbons (Fsp3) is 0.190. The summed E-state index contributed by atoms with van der Waals surface area (Å²) < 4.78 is 12.2. The summed E-state index contributed by atoms with van der Waals surface area (Å²) in [5, 5.41) is 1.21. The minimum Gasteiger partial charge on any atom is -0.503 e. The molecular formula is C21H21NO3. The van der Waals surface area contributed by atoms with Crippen molar-refractivity contribution >= 4 is 22.4 Å². The largest absolute Gasteiger partial charge is 0.503 e. The van der Waals surface area contributed by atoms with Crippen LogP contribution in [0.1, 0.15) is 16.7 Å². The first-order chi connectivity index (χ1) is 12.1. The fourth-order valence-electron chi connectivity index (χ4n) is 3.01. The number of carbonyl (C=O) groups is 1. The molecule has 0 spiro atoms. The van der Waals surface area contributed by atoms with Crippen LogP contribution in [-0.4, -0.2) is 24.8 Å². The quantitative estimate of drug-likeness (QED) is 0.399. The molecule has 1 aromatic heterocycles. The van der Waals surface area contributed by atoms with Crippen LogP contribution in [-0.2, 0) is 20.8 Å². The number of methoxy groups -OCH3 is 2. The summed E-state index contributed by atoms with van der Waals surface area (Å²) in [6.45, 7) is 2.74. The number of aryl methyl sites for hydroxylation is 1. The summed E-state index contributed by atoms with van der Waals surface area (Å²) in [6.07, 6.45) is 3.50. The van der Waals surface area contributed by atoms with Gasteiger partial charge in [0, 0.05) is 18.3 Å². The number of hydrogen-bond donors (Lipinski definition) is 0. The first kappa shape index (κ1) is 16.8. The molecule has 1 heterocycles. The van der Waals surface area contributed by atoms with E-state index >= 15 is 0 Å². The molecule has 0 saturated heterocycles. The van der Waals surface area contributed by atoms with Crippen LogP contribution in [0.4, 0.5) is 0 Å². The van der Waals surface area contributed by atoms with Crippen molar-refractivity contribution in [3.8, 4) is 0 Å². The predicted molar refractivity (Wildman–Crippen MR) is 99.2 cm³/mol. The second-order valence-electron chi connectivity index (χ2n) is 5.92. The molecule has 0 aliphatic rings. The van der Waals surface area contributed by atoms with Gasteiger partial charge in [-0.2, -0.15) is 0 Å². The van der Waals surface area contributed by atoms with Crippen LogP contribution >= 0.6 is 0 Å². The van der Waals surface area contributed by atoms with Gasteiger partial charge in [-0.15, -0.1) is 0 Å². The first-order valence-electron chi connectivity index (χ1n) is 8.09. The van der Waals surface area contributed by atoms with Gasteiger partial charge in [-0.1, -0.05) is 35.9 Å². The Balaban J connectivity index is 2.03. The molecule has 0 bridgehead atoms. The summed E-state index contributed by atoms with van der Waals surface area (Å²) in [6, 6.07) is 16.3. The molecule has 4 nitrogen and oxygen atoms in total. The van der Waals surface area contributed by atoms with Gasteiger partial charge in [-0.25, -0.2) is 4.79 Å². The van der Waals surface area contributed by atoms with E-state index in [2.05, 4.69) is 42.0 Å². The second kappa shape index (κ2) is 7.26. The Kier molecular flexibility index (Phi) is 4.89. The number of rotatable bonds is 5. The van der Waals surface area contributed by atoms with Crippen molar-refractivity contribution in [1.82, 2.24) is 4.57 Å². The normalized spacial score (nSPS) is 11.6. The van der Waals surface area contributed by atoms with Gasteiger partial charge >= 0.3 is 5.97 Å². The van der Waals surface area contributed by atoms with E-state index in [0.29, 0.717) is 12.1 Å². The summed E-state index contributed by atoms with van der Waals surface area (Å²) in [7, 11) is 2.89. The molecule has 3 rings (SSSR count). The van der Waals surface area contributed by atoms with E-state index in [1.807, 2.05) is 24.3 Å². The molecule has 3 aromatic rings. The summed E-state index contributed by atoms with van der Waals surface area (Å²) in [4.78, 5) is 12.1. The highest BCUT2D eigenvalue weighted by atomic mass is 16.5. The van der Waals surface area contributed by atoms with Gasteiger partial charge in [0.1, 0.15) is 5.57 Å². The molecule has 0 fully saturated rings. The van der Waals surface area contributed by atoms with E-state index in [9.17, 15) is 4.79 Å². The lowest BCUT2D eigenvalue weighted by Crippen LogP contribution is -2.08. The number of esters is 1. The summed E-state index contributed by atoms with van der Waals surface area (Å²) in [5.74, 6) is -0.415. The van der Waals surface area contributed by atoms with E-state index in [-0.39, 0.29) is 0 Å². The molecule has 0 atom stereocenters. The molecule has 0 aliphatic carbocycles. The summed E-state index contributed by atoms with van der Waals surface area (Å²) >= 11 is 0. The highest BCUT2D eigenvalue weighted by Crippen LogP contribution is 2.24. The van der Waals surface area contributed by atoms with Gasteiger partial charge in [0.05, 0.1) is 20.5 Å². The molecule has 0 amide bonds. The Morgan fingerprint density at radius 3 is 2.68 bits per heavy atom. The predicted octanol–water partition coefficient (Wildman–Crippen LogP) is 4.16. The average molecular weight is 335 g/mol. The monoisotopic (exact) mass is 335 g/mol. The maximum absolute atomic E-state index is 12.1. The van der Waals surface area contributed by atoms with Crippen LogP contribution in [0.25, 0.3) is 16.5 Å². The lowest BCUT2D eigenvalue weighted by Gasteiger charge is -2.13. The molecule has 0 saturated carbocycles. The topological polar surface area (TPSA) is 40.5 Å². The molecule has 0 N–H and O–H groups in total. The molecule has 0 unspecified atom stereocenters. The number of ether oxygens (including phenoxy) is 2. The van der Waals surface area contributed by atoms with Crippen LogP contribution in [0.5, 0.6) is 0 Å². The van der Waals surface area contributed by atoms with Crippen molar-refractivity contribution in [2.24, 2.45) is 0 Å². The van der Waals surface area contributed by atoms with Crippen molar-refractivity contribution in [1.29, 1.82) is 0 Å². The first-order valence-corrected chi connectivity index (χ1v) is 8.09. The minimum absolute atomic E-state index is 0.410. The Bertz CT molecular complexity index is 937. The minimum atomic E-state index is -0.415. The van der Waals surface area contributed by atoms with Crippen molar-refractivity contribution in [3.05, 3.63) is 77.7 Å². The molecule has 4 heteroatoms. The smallest absolute Gasteiger partial charge is 0.341 e. The van der Waals surface area contributed by atoms with Gasteiger partial charge in [-0.05, 0) is 41.6 Å². The van der Waals surface area contributed by atoms with E-state index in [0.717, 1.165) is 16.6 Å². The van der Waals surface area contributed by atoms with Crippen molar-refractivity contribution in [3.63, 3.8) is 0 Å². The van der Waals surface area contributed by atoms with E-state index in [4.69, 9.17) is 9.47 Å². The third kappa shape index (κ3) is 3.43. The molecule has 0 radical (unpaired) electrons. The molecule has 25 heavy (non-hydrogen) atoms. The third-order valence-electron chi connectivity index (χ3n) is 4.22. The highest BCUT2D eigenvalue weighted by Gasteiger charge is 2.17. The van der Waals surface area contributed by atoms with Crippen LogP contribution in [0.2, 0.25) is 0 Å². The number of aromatic nitrogens is 1. The Hall–Kier alpha value is -3.01. The third-order valence-corrected chi connectivity index (χ3v) is 4.22. The van der Waals surface area contributed by atoms with Crippen molar-refractivity contribution in [2.75, 3.05) is 14.2 Å². The van der Waals surface area contributed by atoms with Gasteiger partial charge in [0.25, 0.3) is 0 Å². The SMILES string of the molecule is COC=C(C(=O)OC)c1ccccc1Cn1ccc2cc(C)ccc21. The Morgan fingerprint density at radius 1 is 1.12 bits per heavy atom. The maximum atomic E-state index is 12.1. The fourth-order valence-corrected chi connectivity index (χ4v) is 3.01. The second-order valence-corrected chi connectivity index (χ2v) is 5.92. The zero-order valence-corrected chi connectivity index (χ0v) is 14.7. The number of benzene rings is 2. The lowest BCUT2D eigenvalue weighted by molar-refractivity contribution is -0.133. The maximum Gasteiger partial charge on any atom is 0.341 e. The number of carbonyl (C=O) groups excluding carboxylic acids is 1. The van der Waals surface area contributed by atoms with Crippen LogP contribution in [0.15, 0.2) is 61.0 Å². The number of nitrogens with zero attached hydrogens (tertiary/aromatic N) is 1. The standard InChI is InChI=1S/C21H21NO3/c1-15-8-9-20-16(12-15)10-11-22(20)13-17-6-4-5-7-18(17)19(14-24-2)21(23)25-3/h4-12,14H,13H2,1-3H3. The van der Waals surface area contributed by atoms with Crippen molar-refractivity contribution < 1.29 is 14.3 Å². The van der Waals surface area contributed by atoms with E-state index < -0.39 is 5.97 Å². The summed E-state index contributed by atoms with van der Waals surface area (Å²) in [5.41, 5.74) is 4.64. The highest BCUT2D eigenvalue weighted by molar-refractivity contribution is 6.16. The van der Waals surface area contributed by atoms with Gasteiger partial charge in [-0.3, -0.25) is 0 Å². The molecular weight excluding hydrogens is 314 g/mol. The van der Waals surface area contributed by atoms with Gasteiger partial charge in [0.15, 0.2) is 0 Å². The van der Waals surface area contributed by atoms with E-state index in [1.165, 1.54) is 31.4 Å². The number of fused-ring (bicyclic) bond motifs is 1. The van der Waals surface area contributed by atoms with E-state index in [1.54, 1.807) is 0 Å². The molecule has 0 aliphatic heterocycles. The van der Waals surface area contributed by atoms with Crippen LogP contribution in [0.3, 0.4) is 0 Å². The van der Waals surface area contributed by atoms with Crippen molar-refractivity contribution in [2.45, 2.75) is 13.5 Å². The average Bonchev–Trinajstić information content (AvgIpc) is 3.01. The van der Waals surface area contributed by atoms with Gasteiger partial charge < -0.3 is 14.0 Å². The lowest BCUT2D eigenvalue weighted by atomic mass is 10.0. The molecule has 2 aromatic carbocycles. The van der Waals surface area contributed by atoms with Crippen LogP contribution < -0.4 is 0 Å². The number of hydrogen-bond acceptors (Lipinski definition) is 3. The van der Waals surface area contributed by atoms with Gasteiger partial charge in [0.2, 0.25) is 0 Å². The zero-order chi connectivity index (χ0) is 17.8. The Labute approximate surface area is 147 Å². The Morgan fingerprint density at radius 2 is 1.92 bits per heavy atom. The zero-order valence-electron chi connectivity index (χ0n) is 14.7. The van der Waals surface area contributed by atoms with Crippen LogP contribution in [0, 0.1) is 6.92 Å². The molecule has 128 valence electrons.